The van der Waals surface area contributed by atoms with Gasteiger partial charge in [-0.25, -0.2) is 24.0 Å². The number of esters is 2. The molecule has 8 N–H and O–H groups in total. The second kappa shape index (κ2) is 32.2. The Kier molecular flexibility index (Phi) is 29.0. The maximum atomic E-state index is 13.6. The van der Waals surface area contributed by atoms with E-state index in [9.17, 15) is 48.6 Å². The Morgan fingerprint density at radius 1 is 0.684 bits per heavy atom. The Balaban J connectivity index is 0.000000624. The van der Waals surface area contributed by atoms with Crippen LogP contribution in [-0.2, 0) is 57.2 Å². The van der Waals surface area contributed by atoms with Crippen LogP contribution in [0, 0.1) is 11.8 Å². The van der Waals surface area contributed by atoms with Gasteiger partial charge in [0.25, 0.3) is 0 Å². The first-order valence-corrected chi connectivity index (χ1v) is 25.4. The quantitative estimate of drug-likeness (QED) is 0.0267. The van der Waals surface area contributed by atoms with Crippen LogP contribution in [0.1, 0.15) is 107 Å². The molecule has 432 valence electrons. The van der Waals surface area contributed by atoms with E-state index in [2.05, 4.69) is 52.9 Å². The molecule has 4 fully saturated rings. The van der Waals surface area contributed by atoms with Crippen molar-refractivity contribution in [1.29, 1.82) is 0 Å². The number of carboxylic acids is 1. The summed E-state index contributed by atoms with van der Waals surface area (Å²) in [5, 5.41) is 42.0. The molecule has 76 heavy (non-hydrogen) atoms. The fourth-order valence-corrected chi connectivity index (χ4v) is 7.91. The lowest BCUT2D eigenvalue weighted by molar-refractivity contribution is -0.150. The largest absolute Gasteiger partial charge is 0.480 e. The van der Waals surface area contributed by atoms with Crippen molar-refractivity contribution in [2.45, 2.75) is 165 Å². The Bertz CT molecular complexity index is 2000. The molecule has 5 amide bonds. The van der Waals surface area contributed by atoms with Crippen LogP contribution < -0.4 is 26.6 Å². The predicted octanol–water partition coefficient (Wildman–Crippen LogP) is 3.15. The average Bonchev–Trinajstić information content (AvgIpc) is 4.11. The third kappa shape index (κ3) is 22.6. The van der Waals surface area contributed by atoms with E-state index in [1.165, 1.54) is 4.90 Å². The number of aliphatic hydroxyl groups is 2. The van der Waals surface area contributed by atoms with Gasteiger partial charge in [0.15, 0.2) is 0 Å². The zero-order valence-electron chi connectivity index (χ0n) is 45.5. The lowest BCUT2D eigenvalue weighted by atomic mass is 10.1. The summed E-state index contributed by atoms with van der Waals surface area (Å²) in [5.41, 5.74) is -3.63. The number of nitrogens with one attached hydrogen (secondary N) is 5. The topological polar surface area (TPSA) is 316 Å². The third-order valence-electron chi connectivity index (χ3n) is 11.9. The zero-order chi connectivity index (χ0) is 56.7. The van der Waals surface area contributed by atoms with Crippen LogP contribution in [-0.4, -0.2) is 179 Å². The average molecular weight is 1100 g/mol. The number of likely N-dealkylation sites (tertiary alicyclic amines) is 1. The van der Waals surface area contributed by atoms with Crippen molar-refractivity contribution >= 4 is 60.2 Å². The first kappa shape index (κ1) is 68.4. The van der Waals surface area contributed by atoms with E-state index in [4.69, 9.17) is 33.5 Å². The Hall–Kier alpha value is -5.59. The minimum absolute atomic E-state index is 0. The Morgan fingerprint density at radius 3 is 1.51 bits per heavy atom. The molecule has 2 aliphatic heterocycles. The number of carboxylic acid groups (broad SMARTS) is 1. The van der Waals surface area contributed by atoms with Crippen molar-refractivity contribution in [1.82, 2.24) is 31.5 Å². The lowest BCUT2D eigenvalue weighted by Crippen LogP contribution is -2.57. The van der Waals surface area contributed by atoms with Gasteiger partial charge in [-0.1, -0.05) is 24.3 Å². The number of carbonyl (C=O) groups is 8. The van der Waals surface area contributed by atoms with Crippen LogP contribution in [0.4, 0.5) is 9.59 Å². The zero-order valence-corrected chi connectivity index (χ0v) is 46.3. The molecule has 10 atom stereocenters. The minimum Gasteiger partial charge on any atom is -0.480 e. The predicted molar refractivity (Wildman–Crippen MR) is 282 cm³/mol. The van der Waals surface area contributed by atoms with Crippen molar-refractivity contribution in [3.8, 4) is 0 Å². The molecule has 0 aromatic rings. The molecule has 4 aliphatic rings. The summed E-state index contributed by atoms with van der Waals surface area (Å²) in [6, 6.07) is -3.56. The van der Waals surface area contributed by atoms with E-state index in [1.54, 1.807) is 79.7 Å². The van der Waals surface area contributed by atoms with E-state index < -0.39 is 101 Å². The summed E-state index contributed by atoms with van der Waals surface area (Å²) in [6.07, 6.45) is 6.55. The number of rotatable bonds is 26. The number of aliphatic hydroxyl groups excluding tert-OH is 2. The molecule has 0 bridgehead atoms. The number of amides is 5. The molecule has 0 aromatic carbocycles. The third-order valence-corrected chi connectivity index (χ3v) is 11.9. The van der Waals surface area contributed by atoms with Gasteiger partial charge in [-0.15, -0.1) is 38.7 Å². The number of β-amino-alcohol motifs (C(OH)–C–C–N with tert-alkyl or cyclic N) is 2. The van der Waals surface area contributed by atoms with E-state index in [-0.39, 0.29) is 82.4 Å². The Labute approximate surface area is 453 Å². The van der Waals surface area contributed by atoms with E-state index in [0.717, 1.165) is 0 Å². The highest BCUT2D eigenvalue weighted by molar-refractivity contribution is 5.97. The molecule has 2 saturated heterocycles. The summed E-state index contributed by atoms with van der Waals surface area (Å²) < 4.78 is 31.2. The van der Waals surface area contributed by atoms with Gasteiger partial charge in [-0.3, -0.25) is 14.4 Å². The van der Waals surface area contributed by atoms with Gasteiger partial charge in [0.1, 0.15) is 40.4 Å². The van der Waals surface area contributed by atoms with Crippen LogP contribution in [0.3, 0.4) is 0 Å². The molecule has 23 nitrogen and oxygen atoms in total. The first-order chi connectivity index (χ1) is 35.2. The van der Waals surface area contributed by atoms with Crippen LogP contribution >= 0.6 is 12.4 Å². The number of ether oxygens (including phenoxy) is 6. The Morgan fingerprint density at radius 2 is 1.13 bits per heavy atom. The van der Waals surface area contributed by atoms with Gasteiger partial charge >= 0.3 is 30.1 Å². The van der Waals surface area contributed by atoms with Crippen LogP contribution in [0.2, 0.25) is 0 Å². The number of alkyl carbamates (subject to hydrolysis) is 2. The van der Waals surface area contributed by atoms with Crippen LogP contribution in [0.25, 0.3) is 0 Å². The second-order valence-electron chi connectivity index (χ2n) is 20.4. The molecule has 0 radical (unpaired) electrons. The molecule has 2 saturated carbocycles. The summed E-state index contributed by atoms with van der Waals surface area (Å²) in [7, 11) is 0. The smallest absolute Gasteiger partial charge is 0.408 e. The van der Waals surface area contributed by atoms with Crippen molar-refractivity contribution < 1.29 is 82.1 Å². The summed E-state index contributed by atoms with van der Waals surface area (Å²) in [5.74, 6) is -3.87. The number of nitrogens with zero attached hydrogens (tertiary/aromatic N) is 1. The van der Waals surface area contributed by atoms with E-state index in [1.807, 2.05) is 0 Å². The maximum absolute atomic E-state index is 13.6. The normalized spacial score (nSPS) is 24.7. The highest BCUT2D eigenvalue weighted by atomic mass is 35.5. The summed E-state index contributed by atoms with van der Waals surface area (Å²) in [4.78, 5) is 99.6. The number of carbonyl (C=O) groups excluding carboxylic acids is 7. The van der Waals surface area contributed by atoms with Crippen molar-refractivity contribution in [3.05, 3.63) is 50.6 Å². The van der Waals surface area contributed by atoms with E-state index in [0.29, 0.717) is 51.9 Å². The molecule has 2 heterocycles. The monoisotopic (exact) mass is 1100 g/mol. The summed E-state index contributed by atoms with van der Waals surface area (Å²) >= 11 is 0. The molecule has 24 heteroatoms. The summed E-state index contributed by atoms with van der Waals surface area (Å²) in [6.45, 7) is 30.2. The molecule has 2 aliphatic carbocycles. The second-order valence-corrected chi connectivity index (χ2v) is 20.4. The maximum Gasteiger partial charge on any atom is 0.408 e. The SMILES string of the molecule is C=CCCOCC[C@H](NC(=O)OC(C)(C)C)C(=O)N1C[C@H](O)C[C@H]1C(=O)N[C@]1(C(=O)OCC)CC1C=C.C=CCCOCC[C@H](NC(=O)OC(C)(C)C)C(=O)O.C=C[C@@H]1C[C@]1(NC(=O)[C@@H]1C[C@@H](O)CN1)C(=O)OCC.Cl. The minimum atomic E-state index is -1.23. The van der Waals surface area contributed by atoms with E-state index >= 15 is 0 Å². The van der Waals surface area contributed by atoms with Crippen molar-refractivity contribution in [2.24, 2.45) is 11.8 Å². The van der Waals surface area contributed by atoms with Crippen LogP contribution in [0.15, 0.2) is 50.6 Å². The first-order valence-electron chi connectivity index (χ1n) is 25.4. The molecule has 4 rings (SSSR count). The number of hydrogen-bond acceptors (Lipinski definition) is 17. The van der Waals surface area contributed by atoms with Gasteiger partial charge in [-0.2, -0.15) is 0 Å². The van der Waals surface area contributed by atoms with Crippen LogP contribution in [0.5, 0.6) is 0 Å². The number of hydrogen-bond donors (Lipinski definition) is 8. The lowest BCUT2D eigenvalue weighted by Gasteiger charge is -2.30. The fourth-order valence-electron chi connectivity index (χ4n) is 7.91. The molecular formula is C52H85ClN6O17. The number of aliphatic carboxylic acids is 1. The molecule has 0 spiro atoms. The van der Waals surface area contributed by atoms with Gasteiger partial charge < -0.3 is 75.2 Å². The molecular weight excluding hydrogens is 1020 g/mol. The van der Waals surface area contributed by atoms with Crippen molar-refractivity contribution in [2.75, 3.05) is 52.7 Å². The fraction of sp³-hybridized carbons (Fsp3) is 0.692. The molecule has 0 aromatic heterocycles. The molecule has 1 unspecified atom stereocenters. The number of halogens is 1. The van der Waals surface area contributed by atoms with Gasteiger partial charge in [0, 0.05) is 70.6 Å². The highest BCUT2D eigenvalue weighted by Gasteiger charge is 2.63. The van der Waals surface area contributed by atoms with Gasteiger partial charge in [0.05, 0.1) is 31.5 Å². The standard InChI is InChI=1S/C26H41N3O8.C13H20N2O4.C13H23NO5.ClH/c1-7-10-12-35-13-11-19(27-24(34)37-25(4,5)6)22(32)29-16-18(30)14-20(29)21(31)28-26(15-17(26)8-2)23(33)36-9-3;1-3-8-6-13(8,12(18)19-4-2)15-11(17)10-5-9(16)7-14-10;1-5-6-8-18-9-7-10(11(15)16)14-12(17)19-13(2,3)4;/h7-8,17-20,30H,1-2,9-16H2,3-6H3,(H,27,34)(H,28,31);3,8-10,14,16H,1,4-7H2,2H3,(H,15,17);5,10H,1,6-9H2,2-4H3,(H,14,17)(H,15,16);1H/t17?,18-,19+,20+,26-;8-,9-,10+,13-;10-;/m110./s1. The highest BCUT2D eigenvalue weighted by Crippen LogP contribution is 2.46. The van der Waals surface area contributed by atoms with Gasteiger partial charge in [-0.05, 0) is 87.5 Å². The van der Waals surface area contributed by atoms with Gasteiger partial charge in [0.2, 0.25) is 17.7 Å². The van der Waals surface area contributed by atoms with Crippen molar-refractivity contribution in [3.63, 3.8) is 0 Å².